The first-order valence-electron chi connectivity index (χ1n) is 9.37. The zero-order chi connectivity index (χ0) is 21.0. The van der Waals surface area contributed by atoms with Gasteiger partial charge in [-0.05, 0) is 24.3 Å². The number of fused-ring (bicyclic) bond motifs is 1. The SMILES string of the molecule is CCN(CC)S(=O)(=O)c1ccc(C(=O)Nc2cc3c(cc2Cl)OCCCO3)cc1. The highest BCUT2D eigenvalue weighted by atomic mass is 35.5. The van der Waals surface area contributed by atoms with Crippen LogP contribution in [0.4, 0.5) is 5.69 Å². The van der Waals surface area contributed by atoms with Crippen LogP contribution in [-0.2, 0) is 10.0 Å². The maximum atomic E-state index is 12.6. The number of benzene rings is 2. The molecule has 1 heterocycles. The van der Waals surface area contributed by atoms with Crippen LogP contribution in [0.2, 0.25) is 5.02 Å². The summed E-state index contributed by atoms with van der Waals surface area (Å²) < 4.78 is 37.7. The third-order valence-electron chi connectivity index (χ3n) is 4.55. The number of halogens is 1. The largest absolute Gasteiger partial charge is 0.490 e. The highest BCUT2D eigenvalue weighted by Gasteiger charge is 2.22. The van der Waals surface area contributed by atoms with Crippen LogP contribution >= 0.6 is 11.6 Å². The van der Waals surface area contributed by atoms with Crippen molar-refractivity contribution in [3.05, 3.63) is 47.0 Å². The molecule has 0 aliphatic carbocycles. The predicted molar refractivity (Wildman–Crippen MR) is 112 cm³/mol. The number of anilines is 1. The summed E-state index contributed by atoms with van der Waals surface area (Å²) >= 11 is 6.26. The van der Waals surface area contributed by atoms with E-state index in [9.17, 15) is 13.2 Å². The van der Waals surface area contributed by atoms with Gasteiger partial charge in [0.25, 0.3) is 5.91 Å². The molecule has 0 fully saturated rings. The van der Waals surface area contributed by atoms with E-state index < -0.39 is 15.9 Å². The minimum Gasteiger partial charge on any atom is -0.490 e. The van der Waals surface area contributed by atoms with Crippen molar-refractivity contribution in [3.63, 3.8) is 0 Å². The molecule has 9 heteroatoms. The van der Waals surface area contributed by atoms with Crippen LogP contribution < -0.4 is 14.8 Å². The van der Waals surface area contributed by atoms with Crippen LogP contribution in [0.5, 0.6) is 11.5 Å². The molecule has 2 aromatic carbocycles. The maximum absolute atomic E-state index is 12.6. The van der Waals surface area contributed by atoms with Gasteiger partial charge in [-0.1, -0.05) is 25.4 Å². The lowest BCUT2D eigenvalue weighted by Gasteiger charge is -2.18. The minimum absolute atomic E-state index is 0.145. The lowest BCUT2D eigenvalue weighted by molar-refractivity contribution is 0.102. The van der Waals surface area contributed by atoms with E-state index in [-0.39, 0.29) is 4.90 Å². The molecule has 156 valence electrons. The standard InChI is InChI=1S/C20H23ClN2O5S/c1-3-23(4-2)29(25,26)15-8-6-14(7-9-15)20(24)22-17-13-19-18(12-16(17)21)27-10-5-11-28-19/h6-9,12-13H,3-5,10-11H2,1-2H3,(H,22,24). The Labute approximate surface area is 175 Å². The van der Waals surface area contributed by atoms with Crippen molar-refractivity contribution in [3.8, 4) is 11.5 Å². The number of sulfonamides is 1. The minimum atomic E-state index is -3.57. The molecule has 0 saturated carbocycles. The van der Waals surface area contributed by atoms with E-state index in [1.165, 1.54) is 28.6 Å². The van der Waals surface area contributed by atoms with E-state index in [2.05, 4.69) is 5.32 Å². The van der Waals surface area contributed by atoms with Crippen LogP contribution in [0.25, 0.3) is 0 Å². The first-order valence-corrected chi connectivity index (χ1v) is 11.2. The number of ether oxygens (including phenoxy) is 2. The average molecular weight is 439 g/mol. The van der Waals surface area contributed by atoms with Gasteiger partial charge in [-0.15, -0.1) is 0 Å². The number of nitrogens with one attached hydrogen (secondary N) is 1. The second-order valence-corrected chi connectivity index (χ2v) is 8.74. The molecule has 2 aromatic rings. The summed E-state index contributed by atoms with van der Waals surface area (Å²) in [5, 5.41) is 3.06. The molecular weight excluding hydrogens is 416 g/mol. The molecule has 1 amide bonds. The summed E-state index contributed by atoms with van der Waals surface area (Å²) in [6.45, 7) is 5.37. The summed E-state index contributed by atoms with van der Waals surface area (Å²) in [5.41, 5.74) is 0.701. The van der Waals surface area contributed by atoms with Crippen molar-refractivity contribution in [2.24, 2.45) is 0 Å². The third kappa shape index (κ3) is 4.66. The van der Waals surface area contributed by atoms with E-state index in [1.807, 2.05) is 0 Å². The Morgan fingerprint density at radius 3 is 2.24 bits per heavy atom. The number of nitrogens with zero attached hydrogens (tertiary/aromatic N) is 1. The fourth-order valence-electron chi connectivity index (χ4n) is 2.97. The summed E-state index contributed by atoms with van der Waals surface area (Å²) in [6, 6.07) is 9.04. The van der Waals surface area contributed by atoms with Gasteiger partial charge in [0.2, 0.25) is 10.0 Å². The summed E-state index contributed by atoms with van der Waals surface area (Å²) in [5.74, 6) is 0.646. The molecular formula is C20H23ClN2O5S. The molecule has 0 bridgehead atoms. The Bertz CT molecular complexity index is 989. The number of rotatable bonds is 6. The third-order valence-corrected chi connectivity index (χ3v) is 6.92. The van der Waals surface area contributed by atoms with Gasteiger partial charge in [0, 0.05) is 37.2 Å². The molecule has 0 atom stereocenters. The van der Waals surface area contributed by atoms with Gasteiger partial charge in [0.05, 0.1) is 28.8 Å². The number of hydrogen-bond acceptors (Lipinski definition) is 5. The molecule has 3 rings (SSSR count). The predicted octanol–water partition coefficient (Wildman–Crippen LogP) is 3.78. The van der Waals surface area contributed by atoms with Crippen molar-refractivity contribution >= 4 is 33.2 Å². The molecule has 1 N–H and O–H groups in total. The number of hydrogen-bond donors (Lipinski definition) is 1. The first kappa shape index (κ1) is 21.4. The fourth-order valence-corrected chi connectivity index (χ4v) is 4.62. The maximum Gasteiger partial charge on any atom is 0.255 e. The molecule has 7 nitrogen and oxygen atoms in total. The van der Waals surface area contributed by atoms with Crippen LogP contribution in [-0.4, -0.2) is 44.9 Å². The van der Waals surface area contributed by atoms with E-state index in [0.717, 1.165) is 6.42 Å². The Hall–Kier alpha value is -2.29. The van der Waals surface area contributed by atoms with Crippen LogP contribution in [0, 0.1) is 0 Å². The molecule has 0 saturated heterocycles. The van der Waals surface area contributed by atoms with Crippen molar-refractivity contribution < 1.29 is 22.7 Å². The van der Waals surface area contributed by atoms with E-state index in [1.54, 1.807) is 26.0 Å². The van der Waals surface area contributed by atoms with E-state index in [0.29, 0.717) is 54.1 Å². The zero-order valence-corrected chi connectivity index (χ0v) is 17.8. The lowest BCUT2D eigenvalue weighted by Crippen LogP contribution is -2.30. The van der Waals surface area contributed by atoms with Crippen LogP contribution in [0.1, 0.15) is 30.6 Å². The normalized spacial score (nSPS) is 13.8. The molecule has 1 aliphatic rings. The van der Waals surface area contributed by atoms with Gasteiger partial charge in [0.1, 0.15) is 0 Å². The molecule has 0 unspecified atom stereocenters. The van der Waals surface area contributed by atoms with Crippen molar-refractivity contribution in [1.29, 1.82) is 0 Å². The second-order valence-electron chi connectivity index (χ2n) is 6.40. The van der Waals surface area contributed by atoms with E-state index >= 15 is 0 Å². The Kier molecular flexibility index (Phi) is 6.66. The molecule has 0 spiro atoms. The summed E-state index contributed by atoms with van der Waals surface area (Å²) in [6.07, 6.45) is 0.761. The molecule has 0 aromatic heterocycles. The van der Waals surface area contributed by atoms with Crippen LogP contribution in [0.3, 0.4) is 0 Å². The number of carbonyl (C=O) groups is 1. The summed E-state index contributed by atoms with van der Waals surface area (Å²) in [7, 11) is -3.57. The Morgan fingerprint density at radius 2 is 1.66 bits per heavy atom. The van der Waals surface area contributed by atoms with Gasteiger partial charge in [0.15, 0.2) is 11.5 Å². The van der Waals surface area contributed by atoms with Gasteiger partial charge in [-0.3, -0.25) is 4.79 Å². The zero-order valence-electron chi connectivity index (χ0n) is 16.3. The van der Waals surface area contributed by atoms with Crippen molar-refractivity contribution in [1.82, 2.24) is 4.31 Å². The second kappa shape index (κ2) is 9.02. The molecule has 1 aliphatic heterocycles. The van der Waals surface area contributed by atoms with Crippen LogP contribution in [0.15, 0.2) is 41.3 Å². The Balaban J connectivity index is 1.79. The fraction of sp³-hybridized carbons (Fsp3) is 0.350. The van der Waals surface area contributed by atoms with Gasteiger partial charge < -0.3 is 14.8 Å². The quantitative estimate of drug-likeness (QED) is 0.741. The molecule has 0 radical (unpaired) electrons. The van der Waals surface area contributed by atoms with Gasteiger partial charge >= 0.3 is 0 Å². The smallest absolute Gasteiger partial charge is 0.255 e. The number of carbonyl (C=O) groups excluding carboxylic acids is 1. The van der Waals surface area contributed by atoms with E-state index in [4.69, 9.17) is 21.1 Å². The van der Waals surface area contributed by atoms with Gasteiger partial charge in [-0.2, -0.15) is 4.31 Å². The van der Waals surface area contributed by atoms with Crippen molar-refractivity contribution in [2.75, 3.05) is 31.6 Å². The van der Waals surface area contributed by atoms with Gasteiger partial charge in [-0.25, -0.2) is 8.42 Å². The van der Waals surface area contributed by atoms with Crippen molar-refractivity contribution in [2.45, 2.75) is 25.2 Å². The summed E-state index contributed by atoms with van der Waals surface area (Å²) in [4.78, 5) is 12.8. The monoisotopic (exact) mass is 438 g/mol. The molecule has 29 heavy (non-hydrogen) atoms. The first-order chi connectivity index (χ1) is 13.9. The topological polar surface area (TPSA) is 84.9 Å². The average Bonchev–Trinajstić information content (AvgIpc) is 2.94. The lowest BCUT2D eigenvalue weighted by atomic mass is 10.2. The highest BCUT2D eigenvalue weighted by Crippen LogP contribution is 2.37. The highest BCUT2D eigenvalue weighted by molar-refractivity contribution is 7.89. The Morgan fingerprint density at radius 1 is 1.07 bits per heavy atom. The number of amides is 1.